The van der Waals surface area contributed by atoms with Crippen molar-refractivity contribution < 1.29 is 14.3 Å². The van der Waals surface area contributed by atoms with Crippen LogP contribution in [0.3, 0.4) is 0 Å². The van der Waals surface area contributed by atoms with Crippen LogP contribution < -0.4 is 4.74 Å². The molecule has 1 aliphatic rings. The number of nitrogens with zero attached hydrogens (tertiary/aromatic N) is 3. The minimum Gasteiger partial charge on any atom is -0.484 e. The van der Waals surface area contributed by atoms with Crippen LogP contribution >= 0.6 is 0 Å². The van der Waals surface area contributed by atoms with Crippen molar-refractivity contribution >= 4 is 11.7 Å². The van der Waals surface area contributed by atoms with E-state index in [4.69, 9.17) is 10.00 Å². The first-order valence-electron chi connectivity index (χ1n) is 9.78. The van der Waals surface area contributed by atoms with Crippen molar-refractivity contribution in [2.75, 3.05) is 32.8 Å². The Bertz CT molecular complexity index is 902. The molecule has 3 rings (SSSR count). The van der Waals surface area contributed by atoms with Gasteiger partial charge in [-0.1, -0.05) is 24.3 Å². The van der Waals surface area contributed by atoms with E-state index in [9.17, 15) is 9.59 Å². The van der Waals surface area contributed by atoms with Gasteiger partial charge in [-0.3, -0.25) is 14.5 Å². The number of nitriles is 1. The number of carbonyl (C=O) groups excluding carboxylic acids is 2. The minimum absolute atomic E-state index is 0.0308. The van der Waals surface area contributed by atoms with E-state index in [2.05, 4.69) is 11.0 Å². The lowest BCUT2D eigenvalue weighted by molar-refractivity contribution is -0.133. The molecule has 0 radical (unpaired) electrons. The second-order valence-electron chi connectivity index (χ2n) is 7.19. The predicted octanol–water partition coefficient (Wildman–Crippen LogP) is 2.87. The largest absolute Gasteiger partial charge is 0.484 e. The van der Waals surface area contributed by atoms with Gasteiger partial charge in [-0.15, -0.1) is 0 Å². The van der Waals surface area contributed by atoms with Crippen LogP contribution in [0.25, 0.3) is 0 Å². The van der Waals surface area contributed by atoms with Crippen LogP contribution in [-0.2, 0) is 11.3 Å². The lowest BCUT2D eigenvalue weighted by Gasteiger charge is -2.22. The molecule has 6 heteroatoms. The summed E-state index contributed by atoms with van der Waals surface area (Å²) in [4.78, 5) is 28.2. The maximum atomic E-state index is 12.6. The Labute approximate surface area is 171 Å². The molecule has 0 aliphatic carbocycles. The normalized spacial score (nSPS) is 14.7. The van der Waals surface area contributed by atoms with Crippen LogP contribution in [-0.4, -0.2) is 54.3 Å². The highest BCUT2D eigenvalue weighted by molar-refractivity contribution is 5.94. The van der Waals surface area contributed by atoms with E-state index in [0.29, 0.717) is 30.0 Å². The number of hydrogen-bond acceptors (Lipinski definition) is 5. The van der Waals surface area contributed by atoms with Crippen molar-refractivity contribution in [2.24, 2.45) is 0 Å². The van der Waals surface area contributed by atoms with Gasteiger partial charge in [0.05, 0.1) is 11.6 Å². The van der Waals surface area contributed by atoms with Crippen molar-refractivity contribution in [1.29, 1.82) is 5.26 Å². The van der Waals surface area contributed by atoms with Crippen molar-refractivity contribution in [1.82, 2.24) is 9.80 Å². The Hall–Kier alpha value is -3.17. The molecule has 0 aromatic heterocycles. The zero-order chi connectivity index (χ0) is 20.6. The summed E-state index contributed by atoms with van der Waals surface area (Å²) in [5.41, 5.74) is 2.40. The first-order chi connectivity index (χ1) is 14.0. The van der Waals surface area contributed by atoms with E-state index < -0.39 is 0 Å². The molecule has 0 unspecified atom stereocenters. The summed E-state index contributed by atoms with van der Waals surface area (Å²) >= 11 is 0. The summed E-state index contributed by atoms with van der Waals surface area (Å²) in [6, 6.07) is 16.7. The highest BCUT2D eigenvalue weighted by atomic mass is 16.5. The van der Waals surface area contributed by atoms with Crippen LogP contribution in [0, 0.1) is 11.3 Å². The monoisotopic (exact) mass is 391 g/mol. The molecule has 0 N–H and O–H groups in total. The number of benzene rings is 2. The topological polar surface area (TPSA) is 73.6 Å². The van der Waals surface area contributed by atoms with Gasteiger partial charge in [0, 0.05) is 38.3 Å². The van der Waals surface area contributed by atoms with E-state index >= 15 is 0 Å². The van der Waals surface area contributed by atoms with Crippen LogP contribution in [0.15, 0.2) is 48.5 Å². The predicted molar refractivity (Wildman–Crippen MR) is 110 cm³/mol. The van der Waals surface area contributed by atoms with Gasteiger partial charge in [-0.2, -0.15) is 5.26 Å². The average molecular weight is 391 g/mol. The van der Waals surface area contributed by atoms with Gasteiger partial charge in [-0.05, 0) is 43.2 Å². The van der Waals surface area contributed by atoms with Gasteiger partial charge in [0.2, 0.25) is 0 Å². The standard InChI is InChI=1S/C23H25N3O3/c1-18(27)21-4-2-5-22(14-21)29-17-23(28)26-11-3-10-25(12-13-26)16-20-8-6-19(15-24)7-9-20/h2,4-9,14H,3,10-13,16-17H2,1H3. The molecule has 0 saturated carbocycles. The molecule has 1 saturated heterocycles. The van der Waals surface area contributed by atoms with Gasteiger partial charge in [0.1, 0.15) is 5.75 Å². The van der Waals surface area contributed by atoms with E-state index in [-0.39, 0.29) is 18.3 Å². The minimum atomic E-state index is -0.0431. The average Bonchev–Trinajstić information content (AvgIpc) is 2.98. The summed E-state index contributed by atoms with van der Waals surface area (Å²) in [7, 11) is 0. The summed E-state index contributed by atoms with van der Waals surface area (Å²) < 4.78 is 5.61. The van der Waals surface area contributed by atoms with Crippen molar-refractivity contribution in [3.05, 3.63) is 65.2 Å². The molecule has 1 amide bonds. The summed E-state index contributed by atoms with van der Waals surface area (Å²) in [6.07, 6.45) is 0.905. The van der Waals surface area contributed by atoms with Gasteiger partial charge < -0.3 is 9.64 Å². The molecule has 1 heterocycles. The molecule has 150 valence electrons. The van der Waals surface area contributed by atoms with E-state index in [1.165, 1.54) is 6.92 Å². The Morgan fingerprint density at radius 2 is 1.86 bits per heavy atom. The van der Waals surface area contributed by atoms with Crippen molar-refractivity contribution in [3.8, 4) is 11.8 Å². The molecule has 1 aliphatic heterocycles. The van der Waals surface area contributed by atoms with Gasteiger partial charge in [-0.25, -0.2) is 0 Å². The van der Waals surface area contributed by atoms with Crippen LogP contribution in [0.1, 0.15) is 34.8 Å². The maximum Gasteiger partial charge on any atom is 0.260 e. The molecule has 2 aromatic rings. The Morgan fingerprint density at radius 3 is 2.59 bits per heavy atom. The van der Waals surface area contributed by atoms with Crippen molar-refractivity contribution in [3.63, 3.8) is 0 Å². The number of hydrogen-bond donors (Lipinski definition) is 0. The maximum absolute atomic E-state index is 12.6. The zero-order valence-corrected chi connectivity index (χ0v) is 16.6. The van der Waals surface area contributed by atoms with Crippen LogP contribution in [0.2, 0.25) is 0 Å². The third-order valence-corrected chi connectivity index (χ3v) is 5.03. The number of ether oxygens (including phenoxy) is 1. The highest BCUT2D eigenvalue weighted by Gasteiger charge is 2.19. The van der Waals surface area contributed by atoms with Gasteiger partial charge in [0.15, 0.2) is 12.4 Å². The molecule has 0 atom stereocenters. The second kappa shape index (κ2) is 9.85. The van der Waals surface area contributed by atoms with E-state index in [1.807, 2.05) is 29.2 Å². The molecule has 2 aromatic carbocycles. The van der Waals surface area contributed by atoms with Crippen LogP contribution in [0.4, 0.5) is 0 Å². The third-order valence-electron chi connectivity index (χ3n) is 5.03. The Morgan fingerprint density at radius 1 is 1.07 bits per heavy atom. The lowest BCUT2D eigenvalue weighted by atomic mass is 10.1. The molecular weight excluding hydrogens is 366 g/mol. The summed E-state index contributed by atoms with van der Waals surface area (Å²) in [5.74, 6) is 0.457. The first kappa shape index (κ1) is 20.6. The fourth-order valence-electron chi connectivity index (χ4n) is 3.36. The summed E-state index contributed by atoms with van der Waals surface area (Å²) in [5, 5.41) is 8.90. The molecule has 0 spiro atoms. The number of ketones is 1. The number of amides is 1. The third kappa shape index (κ3) is 5.90. The number of carbonyl (C=O) groups is 2. The fourth-order valence-corrected chi connectivity index (χ4v) is 3.36. The van der Waals surface area contributed by atoms with Gasteiger partial charge in [0.25, 0.3) is 5.91 Å². The Kier molecular flexibility index (Phi) is 6.99. The zero-order valence-electron chi connectivity index (χ0n) is 16.6. The van der Waals surface area contributed by atoms with E-state index in [0.717, 1.165) is 31.6 Å². The van der Waals surface area contributed by atoms with Crippen LogP contribution in [0.5, 0.6) is 5.75 Å². The number of Topliss-reactive ketones (excluding diaryl/α,β-unsaturated/α-hetero) is 1. The quantitative estimate of drug-likeness (QED) is 0.708. The molecule has 29 heavy (non-hydrogen) atoms. The second-order valence-corrected chi connectivity index (χ2v) is 7.19. The lowest BCUT2D eigenvalue weighted by Crippen LogP contribution is -2.38. The summed E-state index contributed by atoms with van der Waals surface area (Å²) in [6.45, 7) is 5.37. The molecule has 6 nitrogen and oxygen atoms in total. The fraction of sp³-hybridized carbons (Fsp3) is 0.348. The Balaban J connectivity index is 1.49. The SMILES string of the molecule is CC(=O)c1cccc(OCC(=O)N2CCCN(Cc3ccc(C#N)cc3)CC2)c1. The molecular formula is C23H25N3O3. The smallest absolute Gasteiger partial charge is 0.260 e. The molecule has 1 fully saturated rings. The molecule has 0 bridgehead atoms. The van der Waals surface area contributed by atoms with E-state index in [1.54, 1.807) is 24.3 Å². The van der Waals surface area contributed by atoms with Gasteiger partial charge >= 0.3 is 0 Å². The number of rotatable bonds is 6. The first-order valence-corrected chi connectivity index (χ1v) is 9.78. The van der Waals surface area contributed by atoms with Crippen molar-refractivity contribution in [2.45, 2.75) is 19.9 Å². The highest BCUT2D eigenvalue weighted by Crippen LogP contribution is 2.15.